The van der Waals surface area contributed by atoms with Crippen molar-refractivity contribution in [2.45, 2.75) is 32.0 Å². The molecule has 0 spiro atoms. The van der Waals surface area contributed by atoms with Crippen molar-refractivity contribution in [1.29, 1.82) is 0 Å². The van der Waals surface area contributed by atoms with Crippen LogP contribution < -0.4 is 10.1 Å². The molecule has 2 heterocycles. The van der Waals surface area contributed by atoms with E-state index in [0.29, 0.717) is 22.2 Å². The number of amides is 1. The molecule has 3 rings (SSSR count). The minimum absolute atomic E-state index is 0.0342. The number of hydrogen-bond donors (Lipinski definition) is 1. The summed E-state index contributed by atoms with van der Waals surface area (Å²) in [4.78, 5) is 16.9. The Kier molecular flexibility index (Phi) is 5.87. The molecule has 0 fully saturated rings. The second-order valence-corrected chi connectivity index (χ2v) is 7.28. The van der Waals surface area contributed by atoms with E-state index in [9.17, 15) is 18.0 Å². The van der Waals surface area contributed by atoms with Crippen molar-refractivity contribution in [3.05, 3.63) is 46.7 Å². The van der Waals surface area contributed by atoms with Crippen LogP contribution in [0.4, 0.5) is 13.2 Å². The fourth-order valence-corrected chi connectivity index (χ4v) is 3.12. The third-order valence-corrected chi connectivity index (χ3v) is 5.18. The number of carbonyl (C=O) groups excluding carboxylic acids is 1. The molecule has 1 aromatic carbocycles. The summed E-state index contributed by atoms with van der Waals surface area (Å²) in [7, 11) is 1.40. The van der Waals surface area contributed by atoms with E-state index in [2.05, 4.69) is 21.3 Å². The van der Waals surface area contributed by atoms with E-state index >= 15 is 0 Å². The van der Waals surface area contributed by atoms with Crippen LogP contribution in [-0.4, -0.2) is 33.2 Å². The Morgan fingerprint density at radius 3 is 2.61 bits per heavy atom. The molecule has 1 atom stereocenters. The number of terminal acetylenes is 1. The van der Waals surface area contributed by atoms with Crippen LogP contribution in [0.15, 0.2) is 30.3 Å². The maximum absolute atomic E-state index is 13.8. The van der Waals surface area contributed by atoms with Gasteiger partial charge in [-0.25, -0.2) is 9.50 Å². The van der Waals surface area contributed by atoms with E-state index in [4.69, 9.17) is 22.8 Å². The van der Waals surface area contributed by atoms with Crippen LogP contribution in [0.3, 0.4) is 0 Å². The number of para-hydroxylation sites is 1. The maximum atomic E-state index is 13.8. The predicted octanol–water partition coefficient (Wildman–Crippen LogP) is 4.61. The Bertz CT molecular complexity index is 1200. The van der Waals surface area contributed by atoms with Gasteiger partial charge in [-0.1, -0.05) is 36.6 Å². The molecule has 10 heteroatoms. The number of carbonyl (C=O) groups is 1. The number of rotatable bonds is 5. The molecule has 2 aromatic heterocycles. The fraction of sp³-hybridized carbons (Fsp3) is 0.286. The number of ether oxygens (including phenoxy) is 1. The standard InChI is InChI=1S/C21H18ClF3N4O2/c1-5-20(3,6-2)27-19(30)17-16(22)18-26-13(12-9-7-8-10-14(12)31-4)11-15(21(23,24)25)29(18)28-17/h1,7-11H,6H2,2-4H3,(H,27,30)/t20-/m0/s1. The molecule has 3 aromatic rings. The zero-order valence-electron chi connectivity index (χ0n) is 16.8. The number of halogens is 4. The van der Waals surface area contributed by atoms with Crippen molar-refractivity contribution in [3.8, 4) is 29.4 Å². The summed E-state index contributed by atoms with van der Waals surface area (Å²) in [5.74, 6) is 1.97. The minimum Gasteiger partial charge on any atom is -0.496 e. The normalized spacial score (nSPS) is 13.5. The largest absolute Gasteiger partial charge is 0.496 e. The first-order valence-corrected chi connectivity index (χ1v) is 9.52. The van der Waals surface area contributed by atoms with Crippen molar-refractivity contribution < 1.29 is 22.7 Å². The van der Waals surface area contributed by atoms with E-state index in [1.165, 1.54) is 7.11 Å². The topological polar surface area (TPSA) is 68.5 Å². The van der Waals surface area contributed by atoms with Gasteiger partial charge in [0, 0.05) is 5.56 Å². The average molecular weight is 451 g/mol. The lowest BCUT2D eigenvalue weighted by Crippen LogP contribution is -2.44. The van der Waals surface area contributed by atoms with Crippen LogP contribution in [0.5, 0.6) is 5.75 Å². The quantitative estimate of drug-likeness (QED) is 0.576. The zero-order chi connectivity index (χ0) is 23.0. The molecule has 0 saturated heterocycles. The predicted molar refractivity (Wildman–Crippen MR) is 110 cm³/mol. The van der Waals surface area contributed by atoms with Gasteiger partial charge in [0.25, 0.3) is 5.91 Å². The number of nitrogens with zero attached hydrogens (tertiary/aromatic N) is 3. The van der Waals surface area contributed by atoms with Gasteiger partial charge < -0.3 is 10.1 Å². The Morgan fingerprint density at radius 1 is 1.35 bits per heavy atom. The summed E-state index contributed by atoms with van der Waals surface area (Å²) in [5, 5.41) is 6.04. The van der Waals surface area contributed by atoms with Gasteiger partial charge in [-0.15, -0.1) is 6.42 Å². The van der Waals surface area contributed by atoms with Gasteiger partial charge >= 0.3 is 6.18 Å². The lowest BCUT2D eigenvalue weighted by Gasteiger charge is -2.22. The molecule has 0 saturated carbocycles. The van der Waals surface area contributed by atoms with Gasteiger partial charge in [0.1, 0.15) is 10.8 Å². The van der Waals surface area contributed by atoms with Crippen LogP contribution in [0.1, 0.15) is 36.5 Å². The van der Waals surface area contributed by atoms with Crippen molar-refractivity contribution in [2.24, 2.45) is 0 Å². The van der Waals surface area contributed by atoms with Gasteiger partial charge in [0.05, 0.1) is 18.3 Å². The second kappa shape index (κ2) is 8.12. The Balaban J connectivity index is 2.24. The molecule has 0 bridgehead atoms. The monoisotopic (exact) mass is 450 g/mol. The van der Waals surface area contributed by atoms with Crippen LogP contribution >= 0.6 is 11.6 Å². The van der Waals surface area contributed by atoms with Gasteiger partial charge in [-0.3, -0.25) is 4.79 Å². The lowest BCUT2D eigenvalue weighted by atomic mass is 10.0. The van der Waals surface area contributed by atoms with E-state index in [1.807, 2.05) is 0 Å². The molecule has 31 heavy (non-hydrogen) atoms. The van der Waals surface area contributed by atoms with E-state index in [-0.39, 0.29) is 16.4 Å². The first kappa shape index (κ1) is 22.4. The van der Waals surface area contributed by atoms with E-state index < -0.39 is 29.0 Å². The summed E-state index contributed by atoms with van der Waals surface area (Å²) in [6.45, 7) is 3.36. The Morgan fingerprint density at radius 2 is 2.03 bits per heavy atom. The molecule has 0 aliphatic carbocycles. The van der Waals surface area contributed by atoms with Crippen LogP contribution in [0.25, 0.3) is 16.9 Å². The highest BCUT2D eigenvalue weighted by atomic mass is 35.5. The van der Waals surface area contributed by atoms with Crippen molar-refractivity contribution in [1.82, 2.24) is 19.9 Å². The minimum atomic E-state index is -4.79. The van der Waals surface area contributed by atoms with Gasteiger partial charge in [0.2, 0.25) is 0 Å². The fourth-order valence-electron chi connectivity index (χ4n) is 2.87. The first-order chi connectivity index (χ1) is 14.5. The zero-order valence-corrected chi connectivity index (χ0v) is 17.6. The van der Waals surface area contributed by atoms with Crippen LogP contribution in [0.2, 0.25) is 5.02 Å². The number of methoxy groups -OCH3 is 1. The summed E-state index contributed by atoms with van der Waals surface area (Å²) in [6, 6.07) is 7.30. The smallest absolute Gasteiger partial charge is 0.433 e. The Labute approximate surface area is 181 Å². The van der Waals surface area contributed by atoms with E-state index in [0.717, 1.165) is 6.07 Å². The third-order valence-electron chi connectivity index (χ3n) is 4.84. The molecular weight excluding hydrogens is 433 g/mol. The number of hydrogen-bond acceptors (Lipinski definition) is 4. The molecule has 6 nitrogen and oxygen atoms in total. The highest BCUT2D eigenvalue weighted by molar-refractivity contribution is 6.36. The third kappa shape index (κ3) is 4.16. The molecule has 1 N–H and O–H groups in total. The highest BCUT2D eigenvalue weighted by Crippen LogP contribution is 2.36. The molecular formula is C21H18ClF3N4O2. The average Bonchev–Trinajstić information content (AvgIpc) is 3.08. The summed E-state index contributed by atoms with van der Waals surface area (Å²) in [6.07, 6.45) is 1.05. The summed E-state index contributed by atoms with van der Waals surface area (Å²) in [5.41, 5.74) is -2.60. The molecule has 1 amide bonds. The molecule has 162 valence electrons. The first-order valence-electron chi connectivity index (χ1n) is 9.14. The van der Waals surface area contributed by atoms with E-state index in [1.54, 1.807) is 38.1 Å². The van der Waals surface area contributed by atoms with Gasteiger partial charge in [0.15, 0.2) is 17.0 Å². The number of alkyl halides is 3. The highest BCUT2D eigenvalue weighted by Gasteiger charge is 2.37. The molecule has 0 aliphatic heterocycles. The number of benzene rings is 1. The SMILES string of the molecule is C#C[C@@](C)(CC)NC(=O)c1nn2c(C(F)(F)F)cc(-c3ccccc3OC)nc2c1Cl. The summed E-state index contributed by atoms with van der Waals surface area (Å²) < 4.78 is 47.2. The number of aromatic nitrogens is 3. The van der Waals surface area contributed by atoms with Crippen molar-refractivity contribution >= 4 is 23.2 Å². The van der Waals surface area contributed by atoms with Gasteiger partial charge in [-0.05, 0) is 31.5 Å². The number of fused-ring (bicyclic) bond motifs is 1. The second-order valence-electron chi connectivity index (χ2n) is 6.91. The summed E-state index contributed by atoms with van der Waals surface area (Å²) >= 11 is 6.27. The lowest BCUT2D eigenvalue weighted by molar-refractivity contribution is -0.142. The molecule has 0 unspecified atom stereocenters. The van der Waals surface area contributed by atoms with Crippen molar-refractivity contribution in [3.63, 3.8) is 0 Å². The van der Waals surface area contributed by atoms with Crippen molar-refractivity contribution in [2.75, 3.05) is 7.11 Å². The Hall–Kier alpha value is -3.25. The van der Waals surface area contributed by atoms with Gasteiger partial charge in [-0.2, -0.15) is 18.3 Å². The van der Waals surface area contributed by atoms with Crippen LogP contribution in [-0.2, 0) is 6.18 Å². The molecule has 0 radical (unpaired) electrons. The maximum Gasteiger partial charge on any atom is 0.433 e. The number of nitrogens with one attached hydrogen (secondary N) is 1. The molecule has 0 aliphatic rings. The van der Waals surface area contributed by atoms with Crippen LogP contribution in [0, 0.1) is 12.3 Å².